The SMILES string of the molecule is CCCCCCCCC/C=C/C(O)C(COC1OC(CO)C(O)C(O)C1O)NC(=O)CCCCCCCCC/C=C\CCCCCCCCCCCOC(=O)CCCCCCCCCCCCCCCCC. The fourth-order valence-corrected chi connectivity index (χ4v) is 9.67. The Labute approximate surface area is 441 Å². The van der Waals surface area contributed by atoms with Gasteiger partial charge in [-0.15, -0.1) is 0 Å². The van der Waals surface area contributed by atoms with Crippen LogP contribution in [-0.2, 0) is 23.8 Å². The Bertz CT molecular complexity index is 1250. The van der Waals surface area contributed by atoms with Crippen LogP contribution in [0.1, 0.15) is 290 Å². The fraction of sp³-hybridized carbons (Fsp3) is 0.902. The summed E-state index contributed by atoms with van der Waals surface area (Å²) in [5.41, 5.74) is 0. The van der Waals surface area contributed by atoms with Crippen LogP contribution < -0.4 is 5.32 Å². The lowest BCUT2D eigenvalue weighted by Crippen LogP contribution is -2.60. The molecule has 0 aromatic rings. The maximum atomic E-state index is 13.0. The molecule has 0 spiro atoms. The Morgan fingerprint density at radius 2 is 0.889 bits per heavy atom. The lowest BCUT2D eigenvalue weighted by Gasteiger charge is -2.40. The van der Waals surface area contributed by atoms with Gasteiger partial charge in [-0.1, -0.05) is 244 Å². The fourth-order valence-electron chi connectivity index (χ4n) is 9.67. The zero-order valence-corrected chi connectivity index (χ0v) is 46.7. The van der Waals surface area contributed by atoms with Crippen LogP contribution in [-0.4, -0.2) is 100 Å². The number of aliphatic hydroxyl groups is 5. The third-order valence-electron chi connectivity index (χ3n) is 14.6. The van der Waals surface area contributed by atoms with Gasteiger partial charge in [0.25, 0.3) is 0 Å². The number of hydrogen-bond acceptors (Lipinski definition) is 10. The molecule has 72 heavy (non-hydrogen) atoms. The second-order valence-electron chi connectivity index (χ2n) is 21.4. The molecule has 1 fully saturated rings. The molecule has 1 saturated heterocycles. The summed E-state index contributed by atoms with van der Waals surface area (Å²) in [5.74, 6) is -0.197. The Hall–Kier alpha value is -1.86. The maximum Gasteiger partial charge on any atom is 0.305 e. The van der Waals surface area contributed by atoms with Crippen molar-refractivity contribution in [3.63, 3.8) is 0 Å². The van der Waals surface area contributed by atoms with E-state index >= 15 is 0 Å². The molecule has 0 aromatic heterocycles. The molecule has 0 bridgehead atoms. The predicted octanol–water partition coefficient (Wildman–Crippen LogP) is 14.1. The first-order valence-corrected chi connectivity index (χ1v) is 30.6. The standard InChI is InChI=1S/C61H115NO10/c1-3-5-7-9-11-13-14-15-22-26-29-33-37-41-45-49-57(66)70-50-46-42-38-34-30-27-24-21-19-17-16-18-20-23-25-28-32-36-40-44-48-56(65)62-53(54(64)47-43-39-35-31-12-10-8-6-4-2)52-71-61-60(69)59(68)58(67)55(51-63)72-61/h16,18,43,47,53-55,58-61,63-64,67-69H,3-15,17,19-42,44-46,48-52H2,1-2H3,(H,62,65)/b18-16-,47-43+. The highest BCUT2D eigenvalue weighted by Gasteiger charge is 2.44. The summed E-state index contributed by atoms with van der Waals surface area (Å²) < 4.78 is 16.7. The molecule has 424 valence electrons. The zero-order chi connectivity index (χ0) is 52.4. The largest absolute Gasteiger partial charge is 0.466 e. The van der Waals surface area contributed by atoms with Crippen LogP contribution in [0.2, 0.25) is 0 Å². The molecule has 7 atom stereocenters. The first-order valence-electron chi connectivity index (χ1n) is 30.6. The predicted molar refractivity (Wildman–Crippen MR) is 297 cm³/mol. The number of nitrogens with one attached hydrogen (secondary N) is 1. The van der Waals surface area contributed by atoms with Crippen molar-refractivity contribution in [2.45, 2.75) is 333 Å². The molecule has 1 aliphatic heterocycles. The quantitative estimate of drug-likeness (QED) is 0.0195. The molecule has 7 unspecified atom stereocenters. The lowest BCUT2D eigenvalue weighted by atomic mass is 9.99. The Kier molecular flexibility index (Phi) is 48.5. The number of carbonyl (C=O) groups is 2. The van der Waals surface area contributed by atoms with Gasteiger partial charge in [0.05, 0.1) is 32.0 Å². The van der Waals surface area contributed by atoms with Crippen molar-refractivity contribution in [2.24, 2.45) is 0 Å². The van der Waals surface area contributed by atoms with Crippen LogP contribution >= 0.6 is 0 Å². The van der Waals surface area contributed by atoms with Crippen molar-refractivity contribution >= 4 is 11.9 Å². The van der Waals surface area contributed by atoms with E-state index < -0.39 is 49.5 Å². The molecular formula is C61H115NO10. The summed E-state index contributed by atoms with van der Waals surface area (Å²) in [6, 6.07) is -0.814. The molecule has 1 amide bonds. The first kappa shape index (κ1) is 68.2. The molecule has 1 aliphatic rings. The van der Waals surface area contributed by atoms with E-state index in [9.17, 15) is 35.1 Å². The number of rotatable bonds is 53. The van der Waals surface area contributed by atoms with E-state index in [0.717, 1.165) is 77.0 Å². The molecule has 0 saturated carbocycles. The van der Waals surface area contributed by atoms with Gasteiger partial charge in [-0.2, -0.15) is 0 Å². The second kappa shape index (κ2) is 51.3. The summed E-state index contributed by atoms with van der Waals surface area (Å²) in [6.45, 7) is 4.31. The van der Waals surface area contributed by atoms with Gasteiger partial charge in [0.15, 0.2) is 6.29 Å². The molecule has 6 N–H and O–H groups in total. The van der Waals surface area contributed by atoms with Crippen LogP contribution in [0.25, 0.3) is 0 Å². The first-order chi connectivity index (χ1) is 35.2. The summed E-state index contributed by atoms with van der Waals surface area (Å²) in [5, 5.41) is 54.2. The van der Waals surface area contributed by atoms with Crippen molar-refractivity contribution in [3.8, 4) is 0 Å². The molecule has 11 heteroatoms. The Morgan fingerprint density at radius 3 is 1.33 bits per heavy atom. The molecular weight excluding hydrogens is 907 g/mol. The van der Waals surface area contributed by atoms with Crippen molar-refractivity contribution in [2.75, 3.05) is 19.8 Å². The zero-order valence-electron chi connectivity index (χ0n) is 46.7. The average molecular weight is 1020 g/mol. The number of carbonyl (C=O) groups excluding carboxylic acids is 2. The Morgan fingerprint density at radius 1 is 0.500 bits per heavy atom. The highest BCUT2D eigenvalue weighted by molar-refractivity contribution is 5.76. The molecule has 0 radical (unpaired) electrons. The third kappa shape index (κ3) is 40.5. The van der Waals surface area contributed by atoms with Crippen molar-refractivity contribution in [1.82, 2.24) is 5.32 Å². The van der Waals surface area contributed by atoms with Crippen LogP contribution in [0.15, 0.2) is 24.3 Å². The molecule has 0 aromatic carbocycles. The normalized spacial score (nSPS) is 19.1. The molecule has 1 heterocycles. The summed E-state index contributed by atoms with van der Waals surface area (Å²) in [6.07, 6.45) is 51.4. The van der Waals surface area contributed by atoms with E-state index in [-0.39, 0.29) is 18.5 Å². The van der Waals surface area contributed by atoms with E-state index in [0.29, 0.717) is 19.4 Å². The van der Waals surface area contributed by atoms with E-state index in [4.69, 9.17) is 14.2 Å². The molecule has 1 rings (SSSR count). The number of allylic oxidation sites excluding steroid dienone is 3. The highest BCUT2D eigenvalue weighted by atomic mass is 16.7. The number of unbranched alkanes of at least 4 members (excludes halogenated alkanes) is 37. The van der Waals surface area contributed by atoms with Gasteiger partial charge in [0.2, 0.25) is 5.91 Å². The van der Waals surface area contributed by atoms with Crippen LogP contribution in [0.5, 0.6) is 0 Å². The van der Waals surface area contributed by atoms with Crippen LogP contribution in [0.4, 0.5) is 0 Å². The van der Waals surface area contributed by atoms with Gasteiger partial charge in [-0.05, 0) is 57.8 Å². The topological polar surface area (TPSA) is 175 Å². The summed E-state index contributed by atoms with van der Waals surface area (Å²) in [7, 11) is 0. The monoisotopic (exact) mass is 1020 g/mol. The lowest BCUT2D eigenvalue weighted by molar-refractivity contribution is -0.302. The van der Waals surface area contributed by atoms with E-state index in [1.807, 2.05) is 6.08 Å². The van der Waals surface area contributed by atoms with E-state index in [1.54, 1.807) is 6.08 Å². The smallest absolute Gasteiger partial charge is 0.305 e. The minimum atomic E-state index is -1.57. The van der Waals surface area contributed by atoms with Gasteiger partial charge in [-0.25, -0.2) is 0 Å². The third-order valence-corrected chi connectivity index (χ3v) is 14.6. The highest BCUT2D eigenvalue weighted by Crippen LogP contribution is 2.23. The van der Waals surface area contributed by atoms with Crippen molar-refractivity contribution < 1.29 is 49.3 Å². The molecule has 0 aliphatic carbocycles. The number of esters is 1. The minimum absolute atomic E-state index is 0.00481. The van der Waals surface area contributed by atoms with Gasteiger partial charge >= 0.3 is 5.97 Å². The van der Waals surface area contributed by atoms with Gasteiger partial charge < -0.3 is 45.1 Å². The number of aliphatic hydroxyl groups excluding tert-OH is 5. The summed E-state index contributed by atoms with van der Waals surface area (Å²) >= 11 is 0. The maximum absolute atomic E-state index is 13.0. The second-order valence-corrected chi connectivity index (χ2v) is 21.4. The summed E-state index contributed by atoms with van der Waals surface area (Å²) in [4.78, 5) is 25.1. The van der Waals surface area contributed by atoms with Gasteiger partial charge in [0, 0.05) is 12.8 Å². The number of amides is 1. The van der Waals surface area contributed by atoms with Gasteiger partial charge in [0.1, 0.15) is 24.4 Å². The van der Waals surface area contributed by atoms with Crippen molar-refractivity contribution in [3.05, 3.63) is 24.3 Å². The van der Waals surface area contributed by atoms with Crippen LogP contribution in [0, 0.1) is 0 Å². The van der Waals surface area contributed by atoms with Crippen LogP contribution in [0.3, 0.4) is 0 Å². The van der Waals surface area contributed by atoms with E-state index in [2.05, 4.69) is 31.3 Å². The molecule has 11 nitrogen and oxygen atoms in total. The average Bonchev–Trinajstić information content (AvgIpc) is 3.38. The van der Waals surface area contributed by atoms with E-state index in [1.165, 1.54) is 186 Å². The Balaban J connectivity index is 2.01. The number of hydrogen-bond donors (Lipinski definition) is 6. The number of ether oxygens (including phenoxy) is 3. The van der Waals surface area contributed by atoms with Crippen molar-refractivity contribution in [1.29, 1.82) is 0 Å². The van der Waals surface area contributed by atoms with Gasteiger partial charge in [-0.3, -0.25) is 9.59 Å². The minimum Gasteiger partial charge on any atom is -0.466 e.